The van der Waals surface area contributed by atoms with Crippen LogP contribution in [0.2, 0.25) is 0 Å². The number of aryl methyl sites for hydroxylation is 2. The molecule has 37 heavy (non-hydrogen) atoms. The first-order chi connectivity index (χ1) is 17.3. The maximum absolute atomic E-state index is 13.6. The van der Waals surface area contributed by atoms with E-state index in [-0.39, 0.29) is 24.8 Å². The SMILES string of the molecule is CCc1ccc(N(CCCC(=O)N(Cc2ccccc2C)[C@@H](CC)C(=O)NC(C)(C)C)S(C)(=O)=O)cc1. The van der Waals surface area contributed by atoms with Crippen LogP contribution < -0.4 is 9.62 Å². The van der Waals surface area contributed by atoms with Gasteiger partial charge in [0, 0.05) is 25.0 Å². The number of anilines is 1. The van der Waals surface area contributed by atoms with Gasteiger partial charge in [-0.05, 0) is 75.8 Å². The van der Waals surface area contributed by atoms with Crippen molar-refractivity contribution >= 4 is 27.5 Å². The summed E-state index contributed by atoms with van der Waals surface area (Å²) < 4.78 is 26.4. The highest BCUT2D eigenvalue weighted by Gasteiger charge is 2.31. The van der Waals surface area contributed by atoms with Gasteiger partial charge in [0.05, 0.1) is 11.9 Å². The first-order valence-corrected chi connectivity index (χ1v) is 14.8. The lowest BCUT2D eigenvalue weighted by Gasteiger charge is -2.33. The summed E-state index contributed by atoms with van der Waals surface area (Å²) in [7, 11) is -3.52. The van der Waals surface area contributed by atoms with Crippen LogP contribution in [-0.2, 0) is 32.6 Å². The van der Waals surface area contributed by atoms with Crippen LogP contribution in [0.3, 0.4) is 0 Å². The molecule has 0 bridgehead atoms. The molecule has 0 aromatic heterocycles. The number of rotatable bonds is 12. The smallest absolute Gasteiger partial charge is 0.243 e. The highest BCUT2D eigenvalue weighted by Crippen LogP contribution is 2.21. The molecular weight excluding hydrogens is 486 g/mol. The Kier molecular flexibility index (Phi) is 10.7. The largest absolute Gasteiger partial charge is 0.350 e. The minimum Gasteiger partial charge on any atom is -0.350 e. The summed E-state index contributed by atoms with van der Waals surface area (Å²) in [5.41, 5.74) is 3.31. The Morgan fingerprint density at radius 2 is 1.62 bits per heavy atom. The summed E-state index contributed by atoms with van der Waals surface area (Å²) in [6.45, 7) is 12.2. The second-order valence-corrected chi connectivity index (χ2v) is 12.5. The van der Waals surface area contributed by atoms with E-state index in [1.165, 1.54) is 10.6 Å². The molecule has 2 aromatic rings. The zero-order valence-electron chi connectivity index (χ0n) is 23.4. The molecule has 2 amide bonds. The fourth-order valence-electron chi connectivity index (χ4n) is 4.25. The average Bonchev–Trinajstić information content (AvgIpc) is 2.81. The van der Waals surface area contributed by atoms with Crippen LogP contribution in [0.5, 0.6) is 0 Å². The predicted octanol–water partition coefficient (Wildman–Crippen LogP) is 4.83. The Morgan fingerprint density at radius 1 is 1.00 bits per heavy atom. The number of nitrogens with one attached hydrogen (secondary N) is 1. The maximum atomic E-state index is 13.6. The average molecular weight is 530 g/mol. The third-order valence-electron chi connectivity index (χ3n) is 6.27. The third-order valence-corrected chi connectivity index (χ3v) is 7.46. The van der Waals surface area contributed by atoms with Crippen LogP contribution in [0.1, 0.15) is 70.6 Å². The molecule has 1 atom stereocenters. The van der Waals surface area contributed by atoms with Gasteiger partial charge in [-0.25, -0.2) is 8.42 Å². The van der Waals surface area contributed by atoms with Crippen molar-refractivity contribution in [2.75, 3.05) is 17.1 Å². The van der Waals surface area contributed by atoms with Gasteiger partial charge in [-0.15, -0.1) is 0 Å². The van der Waals surface area contributed by atoms with E-state index in [1.807, 2.05) is 77.9 Å². The molecule has 8 heteroatoms. The molecule has 0 unspecified atom stereocenters. The van der Waals surface area contributed by atoms with Gasteiger partial charge >= 0.3 is 0 Å². The quantitative estimate of drug-likeness (QED) is 0.427. The van der Waals surface area contributed by atoms with Crippen molar-refractivity contribution in [1.82, 2.24) is 10.2 Å². The predicted molar refractivity (Wildman–Crippen MR) is 151 cm³/mol. The third kappa shape index (κ3) is 9.18. The molecule has 0 aliphatic rings. The Labute approximate surface area is 223 Å². The zero-order chi connectivity index (χ0) is 27.8. The summed E-state index contributed by atoms with van der Waals surface area (Å²) in [6.07, 6.45) is 2.98. The molecule has 0 spiro atoms. The van der Waals surface area contributed by atoms with Crippen LogP contribution >= 0.6 is 0 Å². The summed E-state index contributed by atoms with van der Waals surface area (Å²) in [4.78, 5) is 28.4. The molecule has 0 fully saturated rings. The molecule has 2 aromatic carbocycles. The number of carbonyl (C=O) groups excluding carboxylic acids is 2. The Hall–Kier alpha value is -2.87. The van der Waals surface area contributed by atoms with E-state index in [4.69, 9.17) is 0 Å². The van der Waals surface area contributed by atoms with Crippen molar-refractivity contribution in [2.45, 2.75) is 85.4 Å². The molecule has 0 saturated heterocycles. The number of amides is 2. The molecule has 0 saturated carbocycles. The van der Waals surface area contributed by atoms with Crippen molar-refractivity contribution < 1.29 is 18.0 Å². The molecule has 1 N–H and O–H groups in total. The van der Waals surface area contributed by atoms with E-state index in [0.717, 1.165) is 23.1 Å². The van der Waals surface area contributed by atoms with Gasteiger partial charge in [0.2, 0.25) is 21.8 Å². The first-order valence-electron chi connectivity index (χ1n) is 13.0. The number of nitrogens with zero attached hydrogens (tertiary/aromatic N) is 2. The Bertz CT molecular complexity index is 1150. The van der Waals surface area contributed by atoms with Crippen LogP contribution in [-0.4, -0.2) is 49.5 Å². The number of carbonyl (C=O) groups is 2. The van der Waals surface area contributed by atoms with Crippen molar-refractivity contribution in [3.05, 3.63) is 65.2 Å². The first kappa shape index (κ1) is 30.4. The second kappa shape index (κ2) is 13.1. The monoisotopic (exact) mass is 529 g/mol. The number of sulfonamides is 1. The van der Waals surface area contributed by atoms with Crippen LogP contribution in [0, 0.1) is 6.92 Å². The normalized spacial score (nSPS) is 12.6. The minimum absolute atomic E-state index is 0.129. The molecule has 2 rings (SSSR count). The molecule has 0 heterocycles. The van der Waals surface area contributed by atoms with Crippen LogP contribution in [0.15, 0.2) is 48.5 Å². The van der Waals surface area contributed by atoms with Gasteiger partial charge in [-0.1, -0.05) is 50.2 Å². The second-order valence-electron chi connectivity index (χ2n) is 10.6. The number of benzene rings is 2. The summed E-state index contributed by atoms with van der Waals surface area (Å²) >= 11 is 0. The molecule has 0 radical (unpaired) electrons. The van der Waals surface area contributed by atoms with E-state index in [1.54, 1.807) is 17.0 Å². The fourth-order valence-corrected chi connectivity index (χ4v) is 5.21. The van der Waals surface area contributed by atoms with Crippen molar-refractivity contribution in [3.8, 4) is 0 Å². The lowest BCUT2D eigenvalue weighted by molar-refractivity contribution is -0.142. The fraction of sp³-hybridized carbons (Fsp3) is 0.517. The molecule has 0 aliphatic heterocycles. The molecule has 0 aliphatic carbocycles. The lowest BCUT2D eigenvalue weighted by Crippen LogP contribution is -2.53. The summed E-state index contributed by atoms with van der Waals surface area (Å²) in [5.74, 6) is -0.361. The van der Waals surface area contributed by atoms with E-state index in [2.05, 4.69) is 5.32 Å². The topological polar surface area (TPSA) is 86.8 Å². The van der Waals surface area contributed by atoms with Crippen molar-refractivity contribution in [1.29, 1.82) is 0 Å². The van der Waals surface area contributed by atoms with Gasteiger partial charge in [-0.2, -0.15) is 0 Å². The van der Waals surface area contributed by atoms with E-state index in [9.17, 15) is 18.0 Å². The van der Waals surface area contributed by atoms with Gasteiger partial charge in [0.15, 0.2) is 0 Å². The highest BCUT2D eigenvalue weighted by atomic mass is 32.2. The Morgan fingerprint density at radius 3 is 2.14 bits per heavy atom. The number of hydrogen-bond donors (Lipinski definition) is 1. The van der Waals surface area contributed by atoms with E-state index < -0.39 is 21.6 Å². The van der Waals surface area contributed by atoms with Gasteiger partial charge < -0.3 is 10.2 Å². The Balaban J connectivity index is 2.24. The van der Waals surface area contributed by atoms with E-state index >= 15 is 0 Å². The molecule has 204 valence electrons. The van der Waals surface area contributed by atoms with Gasteiger partial charge in [-0.3, -0.25) is 13.9 Å². The zero-order valence-corrected chi connectivity index (χ0v) is 24.2. The van der Waals surface area contributed by atoms with E-state index in [0.29, 0.717) is 25.1 Å². The van der Waals surface area contributed by atoms with Gasteiger partial charge in [0.1, 0.15) is 6.04 Å². The van der Waals surface area contributed by atoms with Crippen LogP contribution in [0.25, 0.3) is 0 Å². The van der Waals surface area contributed by atoms with Crippen molar-refractivity contribution in [2.24, 2.45) is 0 Å². The minimum atomic E-state index is -3.52. The summed E-state index contributed by atoms with van der Waals surface area (Å²) in [6, 6.07) is 14.6. The number of hydrogen-bond acceptors (Lipinski definition) is 4. The highest BCUT2D eigenvalue weighted by molar-refractivity contribution is 7.92. The van der Waals surface area contributed by atoms with Crippen LogP contribution in [0.4, 0.5) is 5.69 Å². The van der Waals surface area contributed by atoms with Crippen molar-refractivity contribution in [3.63, 3.8) is 0 Å². The molecular formula is C29H43N3O4S. The van der Waals surface area contributed by atoms with Gasteiger partial charge in [0.25, 0.3) is 0 Å². The maximum Gasteiger partial charge on any atom is 0.243 e. The lowest BCUT2D eigenvalue weighted by atomic mass is 10.0. The molecule has 7 nitrogen and oxygen atoms in total. The summed E-state index contributed by atoms with van der Waals surface area (Å²) in [5, 5.41) is 3.01. The standard InChI is InChI=1S/C29H43N3O4S/c1-8-23-16-18-25(19-17-23)32(37(7,35)36)20-12-15-27(33)31(21-24-14-11-10-13-22(24)3)26(9-2)28(34)30-29(4,5)6/h10-11,13-14,16-19,26H,8-9,12,15,20-21H2,1-7H3,(H,30,34)/t26-/m0/s1.